The van der Waals surface area contributed by atoms with Crippen LogP contribution in [0.3, 0.4) is 0 Å². The summed E-state index contributed by atoms with van der Waals surface area (Å²) in [5.74, 6) is -0.173. The SMILES string of the molecule is Cn1c(=O)c(C(=O)N2CCC(N3CC(O)C3)CC2)cc2ccccc21. The number of rotatable bonds is 2. The standard InChI is InChI=1S/C19H23N3O3/c1-20-17-5-3-2-4-13(17)10-16(18(20)24)19(25)21-8-6-14(7-9-21)22-11-15(23)12-22/h2-5,10,14-15,23H,6-9,11-12H2,1H3. The van der Waals surface area contributed by atoms with E-state index in [2.05, 4.69) is 4.90 Å². The van der Waals surface area contributed by atoms with E-state index >= 15 is 0 Å². The van der Waals surface area contributed by atoms with Gasteiger partial charge in [-0.05, 0) is 30.4 Å². The number of benzene rings is 1. The highest BCUT2D eigenvalue weighted by Gasteiger charge is 2.34. The first kappa shape index (κ1) is 16.3. The molecule has 1 aromatic heterocycles. The van der Waals surface area contributed by atoms with Crippen molar-refractivity contribution >= 4 is 16.8 Å². The molecule has 132 valence electrons. The number of aryl methyl sites for hydroxylation is 1. The van der Waals surface area contributed by atoms with Crippen LogP contribution in [-0.4, -0.2) is 63.7 Å². The zero-order valence-corrected chi connectivity index (χ0v) is 14.4. The minimum absolute atomic E-state index is 0.173. The Balaban J connectivity index is 1.53. The second kappa shape index (κ2) is 6.28. The fourth-order valence-corrected chi connectivity index (χ4v) is 3.97. The number of nitrogens with zero attached hydrogens (tertiary/aromatic N) is 3. The van der Waals surface area contributed by atoms with Crippen LogP contribution in [0.15, 0.2) is 35.1 Å². The van der Waals surface area contributed by atoms with E-state index in [-0.39, 0.29) is 23.1 Å². The van der Waals surface area contributed by atoms with Gasteiger partial charge in [0, 0.05) is 39.3 Å². The molecule has 0 bridgehead atoms. The summed E-state index contributed by atoms with van der Waals surface area (Å²) in [5.41, 5.74) is 0.842. The summed E-state index contributed by atoms with van der Waals surface area (Å²) in [5, 5.41) is 10.3. The highest BCUT2D eigenvalue weighted by Crippen LogP contribution is 2.23. The molecule has 0 saturated carbocycles. The Hall–Kier alpha value is -2.18. The number of fused-ring (bicyclic) bond motifs is 1. The summed E-state index contributed by atoms with van der Waals surface area (Å²) < 4.78 is 1.55. The van der Waals surface area contributed by atoms with Crippen molar-refractivity contribution in [2.75, 3.05) is 26.2 Å². The number of carbonyl (C=O) groups is 1. The Morgan fingerprint density at radius 2 is 1.84 bits per heavy atom. The molecule has 2 aliphatic heterocycles. The minimum Gasteiger partial charge on any atom is -0.390 e. The minimum atomic E-state index is -0.239. The van der Waals surface area contributed by atoms with E-state index in [1.807, 2.05) is 24.3 Å². The third-order valence-corrected chi connectivity index (χ3v) is 5.52. The van der Waals surface area contributed by atoms with Crippen molar-refractivity contribution in [1.29, 1.82) is 0 Å². The Morgan fingerprint density at radius 3 is 2.52 bits per heavy atom. The zero-order valence-electron chi connectivity index (χ0n) is 14.4. The number of pyridine rings is 1. The molecule has 0 unspecified atom stereocenters. The third kappa shape index (κ3) is 2.85. The van der Waals surface area contributed by atoms with Crippen molar-refractivity contribution in [1.82, 2.24) is 14.4 Å². The summed E-state index contributed by atoms with van der Waals surface area (Å²) in [6.45, 7) is 2.80. The number of likely N-dealkylation sites (tertiary alicyclic amines) is 2. The van der Waals surface area contributed by atoms with Crippen LogP contribution in [0.5, 0.6) is 0 Å². The van der Waals surface area contributed by atoms with Gasteiger partial charge in [-0.3, -0.25) is 14.5 Å². The number of aliphatic hydroxyl groups is 1. The number of hydrogen-bond acceptors (Lipinski definition) is 4. The van der Waals surface area contributed by atoms with Crippen LogP contribution in [0.2, 0.25) is 0 Å². The van der Waals surface area contributed by atoms with Crippen LogP contribution < -0.4 is 5.56 Å². The average molecular weight is 341 g/mol. The molecule has 2 fully saturated rings. The summed E-state index contributed by atoms with van der Waals surface area (Å²) in [4.78, 5) is 29.6. The fourth-order valence-electron chi connectivity index (χ4n) is 3.97. The first-order chi connectivity index (χ1) is 12.0. The molecule has 25 heavy (non-hydrogen) atoms. The van der Waals surface area contributed by atoms with Gasteiger partial charge >= 0.3 is 0 Å². The van der Waals surface area contributed by atoms with Gasteiger partial charge in [0.2, 0.25) is 0 Å². The molecule has 3 heterocycles. The largest absolute Gasteiger partial charge is 0.390 e. The van der Waals surface area contributed by atoms with Gasteiger partial charge in [-0.25, -0.2) is 0 Å². The van der Waals surface area contributed by atoms with Gasteiger partial charge in [0.1, 0.15) is 5.56 Å². The molecule has 6 heteroatoms. The molecule has 0 radical (unpaired) electrons. The lowest BCUT2D eigenvalue weighted by Crippen LogP contribution is -2.58. The Labute approximate surface area is 146 Å². The maximum atomic E-state index is 12.9. The molecule has 4 rings (SSSR count). The Kier molecular flexibility index (Phi) is 4.09. The predicted octanol–water partition coefficient (Wildman–Crippen LogP) is 0.820. The van der Waals surface area contributed by atoms with Gasteiger partial charge in [0.25, 0.3) is 11.5 Å². The molecule has 1 amide bonds. The first-order valence-corrected chi connectivity index (χ1v) is 8.85. The van der Waals surface area contributed by atoms with Crippen LogP contribution in [0.1, 0.15) is 23.2 Å². The van der Waals surface area contributed by atoms with Gasteiger partial charge in [-0.15, -0.1) is 0 Å². The molecule has 1 aromatic carbocycles. The van der Waals surface area contributed by atoms with Crippen molar-refractivity contribution in [2.45, 2.75) is 25.0 Å². The Bertz CT molecular complexity index is 862. The lowest BCUT2D eigenvalue weighted by Gasteiger charge is -2.45. The number of piperidine rings is 1. The number of amides is 1. The summed E-state index contributed by atoms with van der Waals surface area (Å²) in [6, 6.07) is 9.77. The van der Waals surface area contributed by atoms with Crippen molar-refractivity contribution in [3.63, 3.8) is 0 Å². The molecule has 2 aromatic rings. The molecule has 2 aliphatic rings. The summed E-state index contributed by atoms with van der Waals surface area (Å²) in [6.07, 6.45) is 1.60. The van der Waals surface area contributed by atoms with Crippen molar-refractivity contribution < 1.29 is 9.90 Å². The van der Waals surface area contributed by atoms with E-state index in [0.717, 1.165) is 36.8 Å². The quantitative estimate of drug-likeness (QED) is 0.878. The van der Waals surface area contributed by atoms with E-state index in [1.165, 1.54) is 0 Å². The number of aromatic nitrogens is 1. The second-order valence-corrected chi connectivity index (χ2v) is 7.11. The zero-order chi connectivity index (χ0) is 17.6. The molecule has 0 atom stereocenters. The third-order valence-electron chi connectivity index (χ3n) is 5.52. The molecule has 6 nitrogen and oxygen atoms in total. The van der Waals surface area contributed by atoms with E-state index < -0.39 is 0 Å². The number of β-amino-alcohol motifs (C(OH)–C–C–N with tert-alkyl or cyclic N) is 1. The highest BCUT2D eigenvalue weighted by atomic mass is 16.3. The van der Waals surface area contributed by atoms with E-state index in [0.29, 0.717) is 19.1 Å². The van der Waals surface area contributed by atoms with Crippen molar-refractivity contribution in [3.8, 4) is 0 Å². The van der Waals surface area contributed by atoms with Crippen molar-refractivity contribution in [3.05, 3.63) is 46.2 Å². The van der Waals surface area contributed by atoms with Crippen molar-refractivity contribution in [2.24, 2.45) is 7.05 Å². The van der Waals surface area contributed by atoms with Gasteiger partial charge in [-0.1, -0.05) is 18.2 Å². The van der Waals surface area contributed by atoms with E-state index in [4.69, 9.17) is 0 Å². The van der Waals surface area contributed by atoms with Gasteiger partial charge in [-0.2, -0.15) is 0 Å². The smallest absolute Gasteiger partial charge is 0.263 e. The molecule has 0 spiro atoms. The number of carbonyl (C=O) groups excluding carboxylic acids is 1. The number of hydrogen-bond donors (Lipinski definition) is 1. The maximum Gasteiger partial charge on any atom is 0.263 e. The highest BCUT2D eigenvalue weighted by molar-refractivity contribution is 5.97. The topological polar surface area (TPSA) is 65.8 Å². The normalized spacial score (nSPS) is 20.0. The molecule has 0 aliphatic carbocycles. The molecule has 2 saturated heterocycles. The monoisotopic (exact) mass is 341 g/mol. The molecular formula is C19H23N3O3. The number of para-hydroxylation sites is 1. The van der Waals surface area contributed by atoms with Gasteiger partial charge in [0.15, 0.2) is 0 Å². The lowest BCUT2D eigenvalue weighted by molar-refractivity contribution is -0.0381. The van der Waals surface area contributed by atoms with Crippen LogP contribution in [0.25, 0.3) is 10.9 Å². The van der Waals surface area contributed by atoms with Gasteiger partial charge in [0.05, 0.1) is 11.6 Å². The second-order valence-electron chi connectivity index (χ2n) is 7.11. The van der Waals surface area contributed by atoms with Crippen LogP contribution >= 0.6 is 0 Å². The van der Waals surface area contributed by atoms with Gasteiger partial charge < -0.3 is 14.6 Å². The average Bonchev–Trinajstić information content (AvgIpc) is 2.62. The van der Waals surface area contributed by atoms with Crippen LogP contribution in [0, 0.1) is 0 Å². The van der Waals surface area contributed by atoms with Crippen LogP contribution in [-0.2, 0) is 7.05 Å². The molecular weight excluding hydrogens is 318 g/mol. The first-order valence-electron chi connectivity index (χ1n) is 8.85. The molecule has 1 N–H and O–H groups in total. The summed E-state index contributed by atoms with van der Waals surface area (Å²) in [7, 11) is 1.71. The predicted molar refractivity (Wildman–Crippen MR) is 95.7 cm³/mol. The van der Waals surface area contributed by atoms with Crippen LogP contribution in [0.4, 0.5) is 0 Å². The lowest BCUT2D eigenvalue weighted by atomic mass is 9.98. The van der Waals surface area contributed by atoms with E-state index in [1.54, 1.807) is 22.6 Å². The Morgan fingerprint density at radius 1 is 1.16 bits per heavy atom. The fraction of sp³-hybridized carbons (Fsp3) is 0.474. The summed E-state index contributed by atoms with van der Waals surface area (Å²) >= 11 is 0. The number of aliphatic hydroxyl groups excluding tert-OH is 1. The maximum absolute atomic E-state index is 12.9. The van der Waals surface area contributed by atoms with E-state index in [9.17, 15) is 14.7 Å².